The standard InChI is InChI=1S/C14H19N4O2PS/c1-2-12(19)16-17-14(22)13(20)15-11-4-3-10-8-18(21)6-5-9(10)7-11/h3-4,7H,2,5-6,8,21H2,1H3,(H,15,20)(H,16,19)(H,17,22). The van der Waals surface area contributed by atoms with Gasteiger partial charge < -0.3 is 5.32 Å². The molecule has 1 aliphatic heterocycles. The van der Waals surface area contributed by atoms with Crippen molar-refractivity contribution in [1.82, 2.24) is 15.5 Å². The number of carbonyl (C=O) groups excluding carboxylic acids is 2. The summed E-state index contributed by atoms with van der Waals surface area (Å²) in [6.07, 6.45) is 1.26. The Bertz CT molecular complexity index is 609. The third-order valence-corrected chi connectivity index (χ3v) is 4.08. The van der Waals surface area contributed by atoms with Gasteiger partial charge in [0.2, 0.25) is 5.91 Å². The van der Waals surface area contributed by atoms with Crippen LogP contribution < -0.4 is 16.2 Å². The normalized spacial score (nSPS) is 13.9. The zero-order chi connectivity index (χ0) is 16.1. The fourth-order valence-electron chi connectivity index (χ4n) is 2.11. The molecule has 0 aliphatic carbocycles. The highest BCUT2D eigenvalue weighted by Crippen LogP contribution is 2.24. The average molecular weight is 338 g/mol. The van der Waals surface area contributed by atoms with Crippen molar-refractivity contribution in [3.8, 4) is 0 Å². The molecule has 1 unspecified atom stereocenters. The number of amides is 2. The third kappa shape index (κ3) is 4.47. The van der Waals surface area contributed by atoms with Gasteiger partial charge in [0.15, 0.2) is 4.99 Å². The molecule has 1 heterocycles. The molecular weight excluding hydrogens is 319 g/mol. The summed E-state index contributed by atoms with van der Waals surface area (Å²) in [6, 6.07) is 5.84. The molecule has 118 valence electrons. The zero-order valence-electron chi connectivity index (χ0n) is 12.3. The van der Waals surface area contributed by atoms with E-state index in [9.17, 15) is 9.59 Å². The molecular formula is C14H19N4O2PS. The minimum absolute atomic E-state index is 0.0735. The van der Waals surface area contributed by atoms with Crippen LogP contribution in [0.1, 0.15) is 24.5 Å². The molecule has 1 atom stereocenters. The van der Waals surface area contributed by atoms with E-state index in [1.807, 2.05) is 18.2 Å². The van der Waals surface area contributed by atoms with Crippen molar-refractivity contribution in [2.75, 3.05) is 11.9 Å². The van der Waals surface area contributed by atoms with Crippen molar-refractivity contribution in [2.24, 2.45) is 0 Å². The number of rotatable bonds is 2. The SMILES string of the molecule is CCC(=O)NNC(=S)C(=O)Nc1ccc2c(c1)CCN(P)C2. The Hall–Kier alpha value is -1.56. The van der Waals surface area contributed by atoms with Gasteiger partial charge in [-0.1, -0.05) is 34.6 Å². The van der Waals surface area contributed by atoms with Crippen molar-refractivity contribution in [1.29, 1.82) is 0 Å². The number of thiocarbonyl (C=S) groups is 1. The molecule has 2 amide bonds. The Morgan fingerprint density at radius 2 is 2.09 bits per heavy atom. The smallest absolute Gasteiger partial charge is 0.284 e. The van der Waals surface area contributed by atoms with E-state index in [4.69, 9.17) is 12.2 Å². The maximum atomic E-state index is 12.0. The number of nitrogens with one attached hydrogen (secondary N) is 3. The summed E-state index contributed by atoms with van der Waals surface area (Å²) >= 11 is 4.93. The van der Waals surface area contributed by atoms with E-state index in [1.165, 1.54) is 11.1 Å². The van der Waals surface area contributed by atoms with Crippen LogP contribution in [0, 0.1) is 0 Å². The predicted octanol–water partition coefficient (Wildman–Crippen LogP) is 1.13. The molecule has 1 aromatic carbocycles. The highest BCUT2D eigenvalue weighted by Gasteiger charge is 2.15. The second-order valence-corrected chi connectivity index (χ2v) is 6.15. The van der Waals surface area contributed by atoms with Gasteiger partial charge in [0.1, 0.15) is 0 Å². The number of nitrogens with zero attached hydrogens (tertiary/aromatic N) is 1. The topological polar surface area (TPSA) is 73.5 Å². The number of fused-ring (bicyclic) bond motifs is 1. The molecule has 8 heteroatoms. The van der Waals surface area contributed by atoms with Crippen LogP contribution in [0.5, 0.6) is 0 Å². The molecule has 0 aromatic heterocycles. The lowest BCUT2D eigenvalue weighted by molar-refractivity contribution is -0.121. The van der Waals surface area contributed by atoms with Crippen LogP contribution >= 0.6 is 21.6 Å². The van der Waals surface area contributed by atoms with Crippen LogP contribution in [0.15, 0.2) is 18.2 Å². The molecule has 22 heavy (non-hydrogen) atoms. The lowest BCUT2D eigenvalue weighted by Crippen LogP contribution is -2.45. The average Bonchev–Trinajstić information content (AvgIpc) is 2.52. The van der Waals surface area contributed by atoms with Crippen molar-refractivity contribution in [3.63, 3.8) is 0 Å². The highest BCUT2D eigenvalue weighted by molar-refractivity contribution is 7.82. The van der Waals surface area contributed by atoms with Gasteiger partial charge in [0.25, 0.3) is 5.91 Å². The maximum Gasteiger partial charge on any atom is 0.284 e. The molecule has 1 aromatic rings. The van der Waals surface area contributed by atoms with E-state index in [0.29, 0.717) is 12.1 Å². The number of hydrazine groups is 1. The van der Waals surface area contributed by atoms with Gasteiger partial charge in [-0.2, -0.15) is 0 Å². The molecule has 0 saturated carbocycles. The van der Waals surface area contributed by atoms with Gasteiger partial charge in [-0.3, -0.25) is 25.1 Å². The second kappa shape index (κ2) is 7.63. The predicted molar refractivity (Wildman–Crippen MR) is 93.1 cm³/mol. The first-order valence-electron chi connectivity index (χ1n) is 7.01. The maximum absolute atomic E-state index is 12.0. The Labute approximate surface area is 137 Å². The minimum atomic E-state index is -0.449. The molecule has 0 fully saturated rings. The molecule has 1 aliphatic rings. The summed E-state index contributed by atoms with van der Waals surface area (Å²) in [5, 5.41) is 2.73. The van der Waals surface area contributed by atoms with E-state index in [2.05, 4.69) is 30.2 Å². The van der Waals surface area contributed by atoms with Gasteiger partial charge in [-0.05, 0) is 29.7 Å². The molecule has 2 rings (SSSR count). The van der Waals surface area contributed by atoms with Crippen LogP contribution in [0.4, 0.5) is 5.69 Å². The Balaban J connectivity index is 1.94. The molecule has 0 radical (unpaired) electrons. The quantitative estimate of drug-likeness (QED) is 0.428. The monoisotopic (exact) mass is 338 g/mol. The van der Waals surface area contributed by atoms with Crippen molar-refractivity contribution >= 4 is 44.1 Å². The first-order valence-corrected chi connectivity index (χ1v) is 7.93. The molecule has 0 bridgehead atoms. The first kappa shape index (κ1) is 16.8. The summed E-state index contributed by atoms with van der Waals surface area (Å²) in [5.41, 5.74) is 7.98. The van der Waals surface area contributed by atoms with E-state index in [0.717, 1.165) is 19.5 Å². The Kier molecular flexibility index (Phi) is 5.83. The van der Waals surface area contributed by atoms with E-state index in [1.54, 1.807) is 6.92 Å². The summed E-state index contributed by atoms with van der Waals surface area (Å²) < 4.78 is 2.18. The van der Waals surface area contributed by atoms with Crippen molar-refractivity contribution in [3.05, 3.63) is 29.3 Å². The Morgan fingerprint density at radius 3 is 2.82 bits per heavy atom. The van der Waals surface area contributed by atoms with E-state index < -0.39 is 5.91 Å². The lowest BCUT2D eigenvalue weighted by Gasteiger charge is -2.25. The minimum Gasteiger partial charge on any atom is -0.320 e. The molecule has 6 nitrogen and oxygen atoms in total. The number of anilines is 1. The number of hydrogen-bond acceptors (Lipinski definition) is 4. The van der Waals surface area contributed by atoms with E-state index in [-0.39, 0.29) is 10.9 Å². The number of hydrogen-bond donors (Lipinski definition) is 3. The van der Waals surface area contributed by atoms with E-state index >= 15 is 0 Å². The summed E-state index contributed by atoms with van der Waals surface area (Å²) in [4.78, 5) is 23.0. The van der Waals surface area contributed by atoms with Gasteiger partial charge >= 0.3 is 0 Å². The fraction of sp³-hybridized carbons (Fsp3) is 0.357. The summed E-state index contributed by atoms with van der Waals surface area (Å²) in [6.45, 7) is 3.57. The highest BCUT2D eigenvalue weighted by atomic mass is 32.1. The Morgan fingerprint density at radius 1 is 1.32 bits per heavy atom. The zero-order valence-corrected chi connectivity index (χ0v) is 14.3. The van der Waals surface area contributed by atoms with Crippen molar-refractivity contribution in [2.45, 2.75) is 26.3 Å². The first-order chi connectivity index (χ1) is 10.5. The van der Waals surface area contributed by atoms with Gasteiger partial charge in [0.05, 0.1) is 0 Å². The van der Waals surface area contributed by atoms with Crippen LogP contribution in [0.2, 0.25) is 0 Å². The molecule has 3 N–H and O–H groups in total. The number of benzene rings is 1. The fourth-order valence-corrected chi connectivity index (χ4v) is 2.54. The van der Waals surface area contributed by atoms with Gasteiger partial charge in [-0.15, -0.1) is 0 Å². The third-order valence-electron chi connectivity index (χ3n) is 3.35. The summed E-state index contributed by atoms with van der Waals surface area (Å²) in [5.74, 6) is -0.680. The molecule has 0 saturated heterocycles. The van der Waals surface area contributed by atoms with Gasteiger partial charge in [0, 0.05) is 25.2 Å². The lowest BCUT2D eigenvalue weighted by atomic mass is 10.0. The largest absolute Gasteiger partial charge is 0.320 e. The summed E-state index contributed by atoms with van der Waals surface area (Å²) in [7, 11) is 2.71. The van der Waals surface area contributed by atoms with Crippen LogP contribution in [0.25, 0.3) is 0 Å². The van der Waals surface area contributed by atoms with Crippen LogP contribution in [0.3, 0.4) is 0 Å². The molecule has 0 spiro atoms. The second-order valence-electron chi connectivity index (χ2n) is 5.01. The van der Waals surface area contributed by atoms with Crippen LogP contribution in [-0.4, -0.2) is 28.0 Å². The number of carbonyl (C=O) groups is 2. The van der Waals surface area contributed by atoms with Crippen LogP contribution in [-0.2, 0) is 22.6 Å². The van der Waals surface area contributed by atoms with Crippen molar-refractivity contribution < 1.29 is 9.59 Å². The van der Waals surface area contributed by atoms with Gasteiger partial charge in [-0.25, -0.2) is 0 Å².